The highest BCUT2D eigenvalue weighted by Crippen LogP contribution is 2.37. The molecule has 0 unspecified atom stereocenters. The van der Waals surface area contributed by atoms with Crippen molar-refractivity contribution in [3.05, 3.63) is 74.0 Å². The molecule has 0 spiro atoms. The van der Waals surface area contributed by atoms with E-state index in [4.69, 9.17) is 27.9 Å². The van der Waals surface area contributed by atoms with Gasteiger partial charge in [0.25, 0.3) is 5.91 Å². The molecule has 1 aliphatic heterocycles. The lowest BCUT2D eigenvalue weighted by Crippen LogP contribution is -2.48. The number of piperidine rings is 1. The number of ketones is 1. The first-order valence-electron chi connectivity index (χ1n) is 12.4. The van der Waals surface area contributed by atoms with Crippen LogP contribution in [0.5, 0.6) is 5.75 Å². The molecule has 1 aromatic heterocycles. The van der Waals surface area contributed by atoms with E-state index in [0.717, 1.165) is 25.0 Å². The van der Waals surface area contributed by atoms with E-state index in [1.54, 1.807) is 5.01 Å². The quantitative estimate of drug-likeness (QED) is 0.401. The van der Waals surface area contributed by atoms with Gasteiger partial charge in [-0.3, -0.25) is 19.8 Å². The molecule has 200 valence electrons. The molecule has 5 rings (SSSR count). The summed E-state index contributed by atoms with van der Waals surface area (Å²) < 4.78 is 34.9. The minimum Gasteiger partial charge on any atom is -0.486 e. The molecule has 38 heavy (non-hydrogen) atoms. The summed E-state index contributed by atoms with van der Waals surface area (Å²) in [5.41, 5.74) is 2.69. The highest BCUT2D eigenvalue weighted by atomic mass is 35.5. The number of hydrogen-bond acceptors (Lipinski definition) is 5. The van der Waals surface area contributed by atoms with E-state index in [0.29, 0.717) is 37.9 Å². The van der Waals surface area contributed by atoms with Gasteiger partial charge in [-0.15, -0.1) is 0 Å². The van der Waals surface area contributed by atoms with Gasteiger partial charge in [-0.1, -0.05) is 23.2 Å². The minimum absolute atomic E-state index is 0.0180. The molecule has 2 aromatic carbocycles. The Bertz CT molecular complexity index is 1470. The van der Waals surface area contributed by atoms with Gasteiger partial charge in [0, 0.05) is 43.2 Å². The maximum absolute atomic E-state index is 14.1. The Balaban J connectivity index is 1.17. The zero-order chi connectivity index (χ0) is 27.0. The number of amides is 1. The molecule has 7 nitrogen and oxygen atoms in total. The van der Waals surface area contributed by atoms with Crippen molar-refractivity contribution < 1.29 is 23.1 Å². The standard InChI is InChI=1S/C27H25Cl2F2N3O4/c28-21-4-3-18(10-23(21)30)38-14-17(35)9-15-5-7-33(8-6-15)32-27(37)20-13-34(16-1-2-16)25-12-22(29)24(31)11-19(25)26(20)36/h3-4,10-13,15-16H,1-2,5-9,14H2,(H,32,37). The SMILES string of the molecule is O=C(COc1ccc(Cl)c(F)c1)CC1CCN(NC(=O)c2cn(C3CC3)c3cc(Cl)c(F)cc3c2=O)CC1. The number of halogens is 4. The van der Waals surface area contributed by atoms with Crippen molar-refractivity contribution in [2.24, 2.45) is 5.92 Å². The van der Waals surface area contributed by atoms with Crippen molar-refractivity contribution in [2.45, 2.75) is 38.1 Å². The summed E-state index contributed by atoms with van der Waals surface area (Å²) in [7, 11) is 0. The van der Waals surface area contributed by atoms with Gasteiger partial charge in [0.05, 0.1) is 15.6 Å². The molecule has 3 aromatic rings. The summed E-state index contributed by atoms with van der Waals surface area (Å²) in [6.45, 7) is 0.836. The molecule has 1 saturated heterocycles. The Hall–Kier alpha value is -3.01. The molecule has 1 amide bonds. The lowest BCUT2D eigenvalue weighted by molar-refractivity contribution is -0.122. The summed E-state index contributed by atoms with van der Waals surface area (Å²) in [6.07, 6.45) is 4.97. The molecule has 2 fully saturated rings. The van der Waals surface area contributed by atoms with Crippen LogP contribution in [0.15, 0.2) is 41.3 Å². The number of carbonyl (C=O) groups is 2. The number of hydrogen-bond donors (Lipinski definition) is 1. The van der Waals surface area contributed by atoms with Crippen LogP contribution in [-0.4, -0.2) is 41.0 Å². The maximum atomic E-state index is 14.1. The number of ether oxygens (including phenoxy) is 1. The van der Waals surface area contributed by atoms with Crippen LogP contribution >= 0.6 is 23.2 Å². The van der Waals surface area contributed by atoms with Gasteiger partial charge < -0.3 is 9.30 Å². The summed E-state index contributed by atoms with van der Waals surface area (Å²) in [5, 5.41) is 1.75. The van der Waals surface area contributed by atoms with Crippen LogP contribution in [0.3, 0.4) is 0 Å². The van der Waals surface area contributed by atoms with E-state index in [-0.39, 0.29) is 51.1 Å². The lowest BCUT2D eigenvalue weighted by atomic mass is 9.92. The highest BCUT2D eigenvalue weighted by molar-refractivity contribution is 6.31. The number of benzene rings is 2. The zero-order valence-corrected chi connectivity index (χ0v) is 21.8. The molecule has 0 bridgehead atoms. The molecule has 1 saturated carbocycles. The average Bonchev–Trinajstić information content (AvgIpc) is 3.73. The van der Waals surface area contributed by atoms with Crippen molar-refractivity contribution >= 4 is 45.8 Å². The summed E-state index contributed by atoms with van der Waals surface area (Å²) in [5.74, 6) is -1.64. The molecule has 2 aliphatic rings. The summed E-state index contributed by atoms with van der Waals surface area (Å²) in [4.78, 5) is 38.5. The summed E-state index contributed by atoms with van der Waals surface area (Å²) >= 11 is 11.6. The number of pyridine rings is 1. The topological polar surface area (TPSA) is 80.6 Å². The van der Waals surface area contributed by atoms with E-state index in [9.17, 15) is 23.2 Å². The first-order valence-corrected chi connectivity index (χ1v) is 13.1. The van der Waals surface area contributed by atoms with Crippen molar-refractivity contribution in [3.8, 4) is 5.75 Å². The van der Waals surface area contributed by atoms with Gasteiger partial charge in [-0.25, -0.2) is 13.8 Å². The van der Waals surface area contributed by atoms with Gasteiger partial charge in [0.15, 0.2) is 5.78 Å². The fourth-order valence-electron chi connectivity index (χ4n) is 4.72. The number of nitrogens with one attached hydrogen (secondary N) is 1. The Morgan fingerprint density at radius 1 is 1.00 bits per heavy atom. The van der Waals surface area contributed by atoms with E-state index < -0.39 is 23.0 Å². The number of Topliss-reactive ketones (excluding diaryl/α,β-unsaturated/α-hetero) is 1. The van der Waals surface area contributed by atoms with Gasteiger partial charge in [0.1, 0.15) is 29.6 Å². The van der Waals surface area contributed by atoms with E-state index in [1.807, 2.05) is 4.57 Å². The smallest absolute Gasteiger partial charge is 0.271 e. The number of fused-ring (bicyclic) bond motifs is 1. The second-order valence-electron chi connectivity index (χ2n) is 9.77. The Morgan fingerprint density at radius 3 is 2.39 bits per heavy atom. The number of aromatic nitrogens is 1. The van der Waals surface area contributed by atoms with Gasteiger partial charge in [-0.2, -0.15) is 0 Å². The molecule has 2 heterocycles. The zero-order valence-electron chi connectivity index (χ0n) is 20.3. The second-order valence-corrected chi connectivity index (χ2v) is 10.6. The molecule has 11 heteroatoms. The first-order chi connectivity index (χ1) is 18.2. The Labute approximate surface area is 227 Å². The molecular formula is C27H25Cl2F2N3O4. The van der Waals surface area contributed by atoms with Gasteiger partial charge >= 0.3 is 0 Å². The van der Waals surface area contributed by atoms with Crippen LogP contribution in [0.25, 0.3) is 10.9 Å². The third-order valence-electron chi connectivity index (χ3n) is 6.94. The van der Waals surface area contributed by atoms with Crippen LogP contribution in [-0.2, 0) is 4.79 Å². The molecule has 1 aliphatic carbocycles. The minimum atomic E-state index is -0.710. The molecular weight excluding hydrogens is 539 g/mol. The largest absolute Gasteiger partial charge is 0.486 e. The lowest BCUT2D eigenvalue weighted by Gasteiger charge is -2.31. The van der Waals surface area contributed by atoms with Crippen LogP contribution in [0, 0.1) is 17.6 Å². The normalized spacial score (nSPS) is 16.5. The van der Waals surface area contributed by atoms with E-state index in [2.05, 4.69) is 5.43 Å². The van der Waals surface area contributed by atoms with Crippen molar-refractivity contribution in [1.29, 1.82) is 0 Å². The van der Waals surface area contributed by atoms with Crippen LogP contribution in [0.2, 0.25) is 10.0 Å². The second kappa shape index (κ2) is 11.0. The highest BCUT2D eigenvalue weighted by Gasteiger charge is 2.29. The Kier molecular flexibility index (Phi) is 7.70. The molecule has 1 N–H and O–H groups in total. The average molecular weight is 564 g/mol. The van der Waals surface area contributed by atoms with E-state index >= 15 is 0 Å². The molecule has 0 radical (unpaired) electrons. The first kappa shape index (κ1) is 26.6. The van der Waals surface area contributed by atoms with Crippen LogP contribution < -0.4 is 15.6 Å². The van der Waals surface area contributed by atoms with Crippen LogP contribution in [0.1, 0.15) is 48.5 Å². The number of rotatable bonds is 8. The summed E-state index contributed by atoms with van der Waals surface area (Å²) in [6, 6.07) is 6.66. The van der Waals surface area contributed by atoms with Gasteiger partial charge in [0.2, 0.25) is 5.43 Å². The predicted molar refractivity (Wildman–Crippen MR) is 140 cm³/mol. The number of hydrazine groups is 1. The van der Waals surface area contributed by atoms with Gasteiger partial charge in [-0.05, 0) is 55.9 Å². The van der Waals surface area contributed by atoms with Crippen molar-refractivity contribution in [2.75, 3.05) is 19.7 Å². The third-order valence-corrected chi connectivity index (χ3v) is 7.54. The predicted octanol–water partition coefficient (Wildman–Crippen LogP) is 5.32. The fourth-order valence-corrected chi connectivity index (χ4v) is 5.00. The van der Waals surface area contributed by atoms with Crippen molar-refractivity contribution in [1.82, 2.24) is 15.0 Å². The number of carbonyl (C=O) groups excluding carboxylic acids is 2. The van der Waals surface area contributed by atoms with Crippen molar-refractivity contribution in [3.63, 3.8) is 0 Å². The Morgan fingerprint density at radius 2 is 1.71 bits per heavy atom. The monoisotopic (exact) mass is 563 g/mol. The van der Waals surface area contributed by atoms with Crippen LogP contribution in [0.4, 0.5) is 8.78 Å². The maximum Gasteiger partial charge on any atom is 0.271 e. The fraction of sp³-hybridized carbons (Fsp3) is 0.370. The van der Waals surface area contributed by atoms with E-state index in [1.165, 1.54) is 24.4 Å². The third kappa shape index (κ3) is 5.85. The number of nitrogens with zero attached hydrogens (tertiary/aromatic N) is 2. The molecule has 0 atom stereocenters.